The number of benzene rings is 2. The largest absolute Gasteiger partial charge is 0.385 e. The van der Waals surface area contributed by atoms with Gasteiger partial charge in [0.25, 0.3) is 10.0 Å². The molecule has 2 rings (SSSR count). The van der Waals surface area contributed by atoms with Crippen LogP contribution in [-0.4, -0.2) is 15.0 Å². The maximum atomic E-state index is 12.3. The molecule has 5 heteroatoms. The van der Waals surface area contributed by atoms with Gasteiger partial charge in [0.1, 0.15) is 0 Å². The Morgan fingerprint density at radius 2 is 1.45 bits per heavy atom. The first-order valence-corrected chi connectivity index (χ1v) is 8.99. The zero-order chi connectivity index (χ0) is 16.0. The van der Waals surface area contributed by atoms with E-state index in [9.17, 15) is 8.42 Å². The number of hydrogen-bond acceptors (Lipinski definition) is 3. The third kappa shape index (κ3) is 4.24. The molecule has 4 nitrogen and oxygen atoms in total. The SMILES string of the molecule is CCCNc1ccc(NS(=O)(=O)c2ccc(CC)cc2)cc1. The van der Waals surface area contributed by atoms with Crippen LogP contribution in [0.1, 0.15) is 25.8 Å². The summed E-state index contributed by atoms with van der Waals surface area (Å²) in [6, 6.07) is 14.2. The topological polar surface area (TPSA) is 58.2 Å². The summed E-state index contributed by atoms with van der Waals surface area (Å²) in [5, 5.41) is 3.25. The number of rotatable bonds is 7. The van der Waals surface area contributed by atoms with Crippen molar-refractivity contribution in [3.63, 3.8) is 0 Å². The van der Waals surface area contributed by atoms with Crippen LogP contribution in [0.4, 0.5) is 11.4 Å². The molecule has 0 atom stereocenters. The van der Waals surface area contributed by atoms with Crippen LogP contribution in [-0.2, 0) is 16.4 Å². The number of anilines is 2. The van der Waals surface area contributed by atoms with Crippen LogP contribution < -0.4 is 10.0 Å². The minimum atomic E-state index is -3.54. The van der Waals surface area contributed by atoms with Crippen molar-refractivity contribution in [3.05, 3.63) is 54.1 Å². The Labute approximate surface area is 132 Å². The van der Waals surface area contributed by atoms with Gasteiger partial charge in [-0.15, -0.1) is 0 Å². The maximum Gasteiger partial charge on any atom is 0.261 e. The molecule has 2 N–H and O–H groups in total. The van der Waals surface area contributed by atoms with Crippen LogP contribution in [0.3, 0.4) is 0 Å². The first kappa shape index (κ1) is 16.4. The first-order chi connectivity index (χ1) is 10.5. The zero-order valence-corrected chi connectivity index (χ0v) is 13.8. The van der Waals surface area contributed by atoms with E-state index in [-0.39, 0.29) is 4.90 Å². The van der Waals surface area contributed by atoms with E-state index in [1.165, 1.54) is 0 Å². The highest BCUT2D eigenvalue weighted by atomic mass is 32.2. The Bertz CT molecular complexity index is 692. The van der Waals surface area contributed by atoms with Crippen molar-refractivity contribution in [1.29, 1.82) is 0 Å². The molecule has 2 aromatic rings. The van der Waals surface area contributed by atoms with Gasteiger partial charge in [-0.25, -0.2) is 8.42 Å². The maximum absolute atomic E-state index is 12.3. The van der Waals surface area contributed by atoms with E-state index in [4.69, 9.17) is 0 Å². The van der Waals surface area contributed by atoms with Gasteiger partial charge in [0.05, 0.1) is 4.90 Å². The molecule has 0 saturated carbocycles. The highest BCUT2D eigenvalue weighted by molar-refractivity contribution is 7.92. The van der Waals surface area contributed by atoms with Crippen molar-refractivity contribution in [2.45, 2.75) is 31.6 Å². The lowest BCUT2D eigenvalue weighted by Gasteiger charge is -2.10. The van der Waals surface area contributed by atoms with Crippen molar-refractivity contribution < 1.29 is 8.42 Å². The van der Waals surface area contributed by atoms with Gasteiger partial charge in [-0.1, -0.05) is 26.0 Å². The lowest BCUT2D eigenvalue weighted by molar-refractivity contribution is 0.601. The van der Waals surface area contributed by atoms with E-state index in [0.29, 0.717) is 5.69 Å². The quantitative estimate of drug-likeness (QED) is 0.814. The molecule has 0 aliphatic rings. The van der Waals surface area contributed by atoms with Crippen LogP contribution in [0, 0.1) is 0 Å². The van der Waals surface area contributed by atoms with Gasteiger partial charge in [0, 0.05) is 17.9 Å². The van der Waals surface area contributed by atoms with E-state index < -0.39 is 10.0 Å². The van der Waals surface area contributed by atoms with Crippen LogP contribution in [0.25, 0.3) is 0 Å². The summed E-state index contributed by atoms with van der Waals surface area (Å²) in [5.41, 5.74) is 2.66. The normalized spacial score (nSPS) is 11.2. The molecule has 0 spiro atoms. The Hall–Kier alpha value is -2.01. The lowest BCUT2D eigenvalue weighted by Crippen LogP contribution is -2.13. The first-order valence-electron chi connectivity index (χ1n) is 7.51. The molecule has 0 aliphatic carbocycles. The molecule has 0 aromatic heterocycles. The number of hydrogen-bond donors (Lipinski definition) is 2. The molecule has 0 fully saturated rings. The predicted molar refractivity (Wildman–Crippen MR) is 91.9 cm³/mol. The van der Waals surface area contributed by atoms with Gasteiger partial charge in [-0.2, -0.15) is 0 Å². The van der Waals surface area contributed by atoms with E-state index in [2.05, 4.69) is 17.0 Å². The van der Waals surface area contributed by atoms with Gasteiger partial charge in [-0.3, -0.25) is 4.72 Å². The average molecular weight is 318 g/mol. The highest BCUT2D eigenvalue weighted by Gasteiger charge is 2.13. The molecule has 22 heavy (non-hydrogen) atoms. The predicted octanol–water partition coefficient (Wildman–Crippen LogP) is 3.87. The van der Waals surface area contributed by atoms with E-state index in [0.717, 1.165) is 30.6 Å². The summed E-state index contributed by atoms with van der Waals surface area (Å²) in [6.45, 7) is 5.03. The minimum Gasteiger partial charge on any atom is -0.385 e. The summed E-state index contributed by atoms with van der Waals surface area (Å²) < 4.78 is 27.3. The second kappa shape index (κ2) is 7.31. The van der Waals surface area contributed by atoms with E-state index >= 15 is 0 Å². The Kier molecular flexibility index (Phi) is 5.44. The Morgan fingerprint density at radius 3 is 2.00 bits per heavy atom. The molecule has 0 radical (unpaired) electrons. The smallest absolute Gasteiger partial charge is 0.261 e. The number of sulfonamides is 1. The third-order valence-electron chi connectivity index (χ3n) is 3.36. The van der Waals surface area contributed by atoms with Gasteiger partial charge in [-0.05, 0) is 54.8 Å². The second-order valence-corrected chi connectivity index (χ2v) is 6.79. The highest BCUT2D eigenvalue weighted by Crippen LogP contribution is 2.19. The summed E-state index contributed by atoms with van der Waals surface area (Å²) >= 11 is 0. The Morgan fingerprint density at radius 1 is 0.864 bits per heavy atom. The van der Waals surface area contributed by atoms with Crippen molar-refractivity contribution in [3.8, 4) is 0 Å². The lowest BCUT2D eigenvalue weighted by atomic mass is 10.2. The molecule has 0 heterocycles. The summed E-state index contributed by atoms with van der Waals surface area (Å²) in [5.74, 6) is 0. The van der Waals surface area contributed by atoms with Crippen molar-refractivity contribution in [1.82, 2.24) is 0 Å². The monoisotopic (exact) mass is 318 g/mol. The van der Waals surface area contributed by atoms with Crippen molar-refractivity contribution in [2.24, 2.45) is 0 Å². The molecular formula is C17H22N2O2S. The summed E-state index contributed by atoms with van der Waals surface area (Å²) in [7, 11) is -3.54. The summed E-state index contributed by atoms with van der Waals surface area (Å²) in [4.78, 5) is 0.276. The van der Waals surface area contributed by atoms with Crippen molar-refractivity contribution >= 4 is 21.4 Å². The zero-order valence-electron chi connectivity index (χ0n) is 13.0. The van der Waals surface area contributed by atoms with Crippen LogP contribution in [0.2, 0.25) is 0 Å². The minimum absolute atomic E-state index is 0.276. The van der Waals surface area contributed by atoms with Gasteiger partial charge < -0.3 is 5.32 Å². The Balaban J connectivity index is 2.10. The van der Waals surface area contributed by atoms with Gasteiger partial charge in [0.2, 0.25) is 0 Å². The fraction of sp³-hybridized carbons (Fsp3) is 0.294. The van der Waals surface area contributed by atoms with E-state index in [1.807, 2.05) is 31.2 Å². The molecule has 0 saturated heterocycles. The van der Waals surface area contributed by atoms with Gasteiger partial charge >= 0.3 is 0 Å². The summed E-state index contributed by atoms with van der Waals surface area (Å²) in [6.07, 6.45) is 1.93. The molecule has 0 unspecified atom stereocenters. The van der Waals surface area contributed by atoms with Crippen LogP contribution >= 0.6 is 0 Å². The number of nitrogens with one attached hydrogen (secondary N) is 2. The molecule has 118 valence electrons. The fourth-order valence-electron chi connectivity index (χ4n) is 2.04. The van der Waals surface area contributed by atoms with Gasteiger partial charge in [0.15, 0.2) is 0 Å². The third-order valence-corrected chi connectivity index (χ3v) is 4.76. The van der Waals surface area contributed by atoms with Crippen LogP contribution in [0.15, 0.2) is 53.4 Å². The molecule has 0 amide bonds. The number of aryl methyl sites for hydroxylation is 1. The fourth-order valence-corrected chi connectivity index (χ4v) is 3.10. The molecular weight excluding hydrogens is 296 g/mol. The average Bonchev–Trinajstić information content (AvgIpc) is 2.54. The standard InChI is InChI=1S/C17H22N2O2S/c1-3-13-18-15-7-9-16(10-8-15)19-22(20,21)17-11-5-14(4-2)6-12-17/h5-12,18-19H,3-4,13H2,1-2H3. The molecule has 0 bridgehead atoms. The molecule has 2 aromatic carbocycles. The van der Waals surface area contributed by atoms with E-state index in [1.54, 1.807) is 24.3 Å². The van der Waals surface area contributed by atoms with Crippen molar-refractivity contribution in [2.75, 3.05) is 16.6 Å². The molecule has 0 aliphatic heterocycles. The van der Waals surface area contributed by atoms with Crippen LogP contribution in [0.5, 0.6) is 0 Å². The second-order valence-electron chi connectivity index (χ2n) is 5.11.